The van der Waals surface area contributed by atoms with Gasteiger partial charge in [-0.25, -0.2) is 0 Å². The first-order valence-corrected chi connectivity index (χ1v) is 5.88. The summed E-state index contributed by atoms with van der Waals surface area (Å²) in [5.41, 5.74) is 5.67. The first-order chi connectivity index (χ1) is 6.63. The summed E-state index contributed by atoms with van der Waals surface area (Å²) in [6.45, 7) is 5.12. The van der Waals surface area contributed by atoms with Gasteiger partial charge in [0.1, 0.15) is 0 Å². The Bertz CT molecular complexity index is 168. The van der Waals surface area contributed by atoms with Crippen LogP contribution >= 0.6 is 12.6 Å². The molecule has 0 aromatic heterocycles. The van der Waals surface area contributed by atoms with Gasteiger partial charge in [0.05, 0.1) is 0 Å². The van der Waals surface area contributed by atoms with Crippen molar-refractivity contribution in [2.24, 2.45) is 11.1 Å². The molecule has 1 atom stereocenters. The van der Waals surface area contributed by atoms with Crippen LogP contribution in [-0.4, -0.2) is 41.6 Å². The van der Waals surface area contributed by atoms with E-state index in [9.17, 15) is 5.11 Å². The highest BCUT2D eigenvalue weighted by molar-refractivity contribution is 7.80. The van der Waals surface area contributed by atoms with Crippen LogP contribution in [0.15, 0.2) is 0 Å². The summed E-state index contributed by atoms with van der Waals surface area (Å²) in [7, 11) is 0. The van der Waals surface area contributed by atoms with Crippen LogP contribution in [0.1, 0.15) is 26.2 Å². The summed E-state index contributed by atoms with van der Waals surface area (Å²) in [6.07, 6.45) is 3.04. The second kappa shape index (κ2) is 5.35. The fourth-order valence-corrected chi connectivity index (χ4v) is 2.40. The number of likely N-dealkylation sites (tertiary alicyclic amines) is 1. The van der Waals surface area contributed by atoms with Crippen molar-refractivity contribution >= 4 is 12.6 Å². The van der Waals surface area contributed by atoms with E-state index in [2.05, 4.69) is 24.5 Å². The Balaban J connectivity index is 2.46. The summed E-state index contributed by atoms with van der Waals surface area (Å²) < 4.78 is 0. The Morgan fingerprint density at radius 1 is 1.50 bits per heavy atom. The Kier molecular flexibility index (Phi) is 4.70. The van der Waals surface area contributed by atoms with Crippen LogP contribution in [0.4, 0.5) is 0 Å². The molecule has 0 radical (unpaired) electrons. The van der Waals surface area contributed by atoms with Crippen LogP contribution in [0.2, 0.25) is 0 Å². The van der Waals surface area contributed by atoms with Gasteiger partial charge in [0.2, 0.25) is 0 Å². The fraction of sp³-hybridized carbons (Fsp3) is 1.00. The predicted molar refractivity (Wildman–Crippen MR) is 62.4 cm³/mol. The lowest BCUT2D eigenvalue weighted by Gasteiger charge is -2.41. The van der Waals surface area contributed by atoms with Crippen molar-refractivity contribution < 1.29 is 5.11 Å². The minimum absolute atomic E-state index is 0.0912. The van der Waals surface area contributed by atoms with Crippen molar-refractivity contribution in [1.29, 1.82) is 0 Å². The highest BCUT2D eigenvalue weighted by atomic mass is 32.1. The third-order valence-corrected chi connectivity index (χ3v) is 3.72. The molecular weight excluding hydrogens is 196 g/mol. The normalized spacial score (nSPS) is 24.9. The van der Waals surface area contributed by atoms with Crippen LogP contribution < -0.4 is 5.73 Å². The third-order valence-electron chi connectivity index (χ3n) is 3.40. The van der Waals surface area contributed by atoms with Gasteiger partial charge in [-0.1, -0.05) is 0 Å². The molecule has 1 aliphatic heterocycles. The lowest BCUT2D eigenvalue weighted by molar-refractivity contribution is 0.0372. The topological polar surface area (TPSA) is 49.5 Å². The van der Waals surface area contributed by atoms with Crippen LogP contribution in [0.25, 0.3) is 0 Å². The van der Waals surface area contributed by atoms with Crippen molar-refractivity contribution in [2.75, 3.05) is 26.2 Å². The van der Waals surface area contributed by atoms with E-state index in [0.717, 1.165) is 32.4 Å². The molecule has 1 fully saturated rings. The molecule has 4 heteroatoms. The van der Waals surface area contributed by atoms with Gasteiger partial charge in [-0.2, -0.15) is 12.6 Å². The van der Waals surface area contributed by atoms with Crippen LogP contribution in [-0.2, 0) is 0 Å². The highest BCUT2D eigenvalue weighted by Gasteiger charge is 2.33. The molecule has 1 saturated heterocycles. The molecule has 0 aromatic rings. The molecule has 0 amide bonds. The monoisotopic (exact) mass is 218 g/mol. The molecule has 1 aliphatic rings. The summed E-state index contributed by atoms with van der Waals surface area (Å²) in [6, 6.07) is 0. The van der Waals surface area contributed by atoms with Gasteiger partial charge in [-0.3, -0.25) is 4.90 Å². The molecule has 0 bridgehead atoms. The first-order valence-electron chi connectivity index (χ1n) is 5.36. The summed E-state index contributed by atoms with van der Waals surface area (Å²) in [5.74, 6) is 0. The number of nitrogens with two attached hydrogens (primary N) is 1. The van der Waals surface area contributed by atoms with Gasteiger partial charge in [-0.15, -0.1) is 0 Å². The number of piperidine rings is 1. The smallest absolute Gasteiger partial charge is 0.0499 e. The molecule has 0 aliphatic carbocycles. The van der Waals surface area contributed by atoms with Crippen LogP contribution in [0.5, 0.6) is 0 Å². The Hall–Kier alpha value is 0.230. The summed E-state index contributed by atoms with van der Waals surface area (Å²) in [4.78, 5) is 2.34. The molecule has 84 valence electrons. The minimum Gasteiger partial charge on any atom is -0.396 e. The quantitative estimate of drug-likeness (QED) is 0.608. The van der Waals surface area contributed by atoms with Crippen molar-refractivity contribution in [3.63, 3.8) is 0 Å². The molecule has 1 unspecified atom stereocenters. The standard InChI is InChI=1S/C10H22N2OS/c1-9(14)12-6-3-10(8-13,2-5-11)4-7-12/h9,13-14H,2-8,11H2,1H3. The fourth-order valence-electron chi connectivity index (χ4n) is 2.17. The van der Waals surface area contributed by atoms with E-state index < -0.39 is 0 Å². The second-order valence-electron chi connectivity index (χ2n) is 4.36. The second-order valence-corrected chi connectivity index (χ2v) is 5.11. The van der Waals surface area contributed by atoms with E-state index in [1.54, 1.807) is 0 Å². The predicted octanol–water partition coefficient (Wildman–Crippen LogP) is 0.685. The lowest BCUT2D eigenvalue weighted by atomic mass is 9.76. The van der Waals surface area contributed by atoms with Gasteiger partial charge >= 0.3 is 0 Å². The van der Waals surface area contributed by atoms with Gasteiger partial charge < -0.3 is 10.8 Å². The number of hydrogen-bond acceptors (Lipinski definition) is 4. The molecule has 3 N–H and O–H groups in total. The zero-order chi connectivity index (χ0) is 10.6. The van der Waals surface area contributed by atoms with E-state index in [0.29, 0.717) is 11.9 Å². The van der Waals surface area contributed by atoms with Gasteiger partial charge in [0.15, 0.2) is 0 Å². The SMILES string of the molecule is CC(S)N1CCC(CO)(CCN)CC1. The van der Waals surface area contributed by atoms with Gasteiger partial charge in [0, 0.05) is 12.0 Å². The zero-order valence-electron chi connectivity index (χ0n) is 8.95. The molecule has 0 aromatic carbocycles. The van der Waals surface area contributed by atoms with E-state index in [4.69, 9.17) is 5.73 Å². The van der Waals surface area contributed by atoms with E-state index in [1.807, 2.05) is 0 Å². The summed E-state index contributed by atoms with van der Waals surface area (Å²) in [5, 5.41) is 9.73. The number of aliphatic hydroxyl groups is 1. The number of hydrogen-bond donors (Lipinski definition) is 3. The highest BCUT2D eigenvalue weighted by Crippen LogP contribution is 2.34. The summed E-state index contributed by atoms with van der Waals surface area (Å²) >= 11 is 4.42. The first kappa shape index (κ1) is 12.3. The molecule has 0 saturated carbocycles. The number of nitrogens with zero attached hydrogens (tertiary/aromatic N) is 1. The molecule has 14 heavy (non-hydrogen) atoms. The maximum atomic E-state index is 9.40. The van der Waals surface area contributed by atoms with Gasteiger partial charge in [-0.05, 0) is 51.2 Å². The number of aliphatic hydroxyl groups excluding tert-OH is 1. The molecule has 3 nitrogen and oxygen atoms in total. The van der Waals surface area contributed by atoms with Crippen LogP contribution in [0.3, 0.4) is 0 Å². The molecule has 1 heterocycles. The van der Waals surface area contributed by atoms with E-state index in [1.165, 1.54) is 0 Å². The average Bonchev–Trinajstić information content (AvgIpc) is 2.19. The minimum atomic E-state index is 0.0912. The zero-order valence-corrected chi connectivity index (χ0v) is 9.84. The Labute approximate surface area is 92.1 Å². The Morgan fingerprint density at radius 3 is 2.43 bits per heavy atom. The average molecular weight is 218 g/mol. The number of rotatable bonds is 4. The van der Waals surface area contributed by atoms with E-state index >= 15 is 0 Å². The lowest BCUT2D eigenvalue weighted by Crippen LogP contribution is -2.44. The Morgan fingerprint density at radius 2 is 2.07 bits per heavy atom. The maximum Gasteiger partial charge on any atom is 0.0499 e. The van der Waals surface area contributed by atoms with Crippen molar-refractivity contribution in [3.8, 4) is 0 Å². The number of thiol groups is 1. The molecule has 1 rings (SSSR count). The molecule has 0 spiro atoms. The molecular formula is C10H22N2OS. The third kappa shape index (κ3) is 2.86. The van der Waals surface area contributed by atoms with Crippen LogP contribution in [0, 0.1) is 5.41 Å². The van der Waals surface area contributed by atoms with Crippen molar-refractivity contribution in [2.45, 2.75) is 31.6 Å². The maximum absolute atomic E-state index is 9.40. The van der Waals surface area contributed by atoms with E-state index in [-0.39, 0.29) is 12.0 Å². The largest absolute Gasteiger partial charge is 0.396 e. The van der Waals surface area contributed by atoms with Crippen molar-refractivity contribution in [1.82, 2.24) is 4.90 Å². The van der Waals surface area contributed by atoms with Gasteiger partial charge in [0.25, 0.3) is 0 Å². The van der Waals surface area contributed by atoms with Crippen molar-refractivity contribution in [3.05, 3.63) is 0 Å².